The van der Waals surface area contributed by atoms with Gasteiger partial charge in [0, 0.05) is 17.8 Å². The fraction of sp³-hybridized carbons (Fsp3) is 0.462. The fourth-order valence-corrected chi connectivity index (χ4v) is 2.17. The summed E-state index contributed by atoms with van der Waals surface area (Å²) in [5, 5.41) is 4.36. The lowest BCUT2D eigenvalue weighted by Crippen LogP contribution is -2.32. The molecule has 2 aromatic rings. The van der Waals surface area contributed by atoms with Gasteiger partial charge < -0.3 is 14.5 Å². The second kappa shape index (κ2) is 4.85. The third kappa shape index (κ3) is 2.48. The molecule has 0 amide bonds. The molecule has 0 unspecified atom stereocenters. The monoisotopic (exact) mass is 232 g/mol. The summed E-state index contributed by atoms with van der Waals surface area (Å²) in [5.41, 5.74) is 0.879. The maximum Gasteiger partial charge on any atom is 0.137 e. The molecule has 17 heavy (non-hydrogen) atoms. The largest absolute Gasteiger partial charge is 0.458 e. The molecule has 2 aromatic heterocycles. The van der Waals surface area contributed by atoms with Crippen LogP contribution in [0, 0.1) is 0 Å². The van der Waals surface area contributed by atoms with Gasteiger partial charge in [0.25, 0.3) is 0 Å². The van der Waals surface area contributed by atoms with E-state index in [-0.39, 0.29) is 0 Å². The SMILES string of the molecule is c1cc2oc(COC3CCNCC3)cc2cn1. The van der Waals surface area contributed by atoms with Crippen LogP contribution in [0.15, 0.2) is 28.9 Å². The van der Waals surface area contributed by atoms with Crippen LogP contribution in [0.25, 0.3) is 11.0 Å². The third-order valence-electron chi connectivity index (χ3n) is 3.12. The van der Waals surface area contributed by atoms with Crippen molar-refractivity contribution in [1.29, 1.82) is 0 Å². The molecule has 0 atom stereocenters. The van der Waals surface area contributed by atoms with Crippen molar-refractivity contribution in [3.63, 3.8) is 0 Å². The van der Waals surface area contributed by atoms with Gasteiger partial charge in [-0.05, 0) is 38.1 Å². The Hall–Kier alpha value is -1.39. The van der Waals surface area contributed by atoms with E-state index in [1.807, 2.05) is 18.3 Å². The van der Waals surface area contributed by atoms with Crippen molar-refractivity contribution in [3.8, 4) is 0 Å². The molecule has 3 rings (SSSR count). The predicted octanol–water partition coefficient (Wildman–Crippen LogP) is 2.10. The zero-order valence-electron chi connectivity index (χ0n) is 9.69. The predicted molar refractivity (Wildman–Crippen MR) is 64.7 cm³/mol. The number of pyridine rings is 1. The molecule has 4 nitrogen and oxygen atoms in total. The Morgan fingerprint density at radius 3 is 3.12 bits per heavy atom. The summed E-state index contributed by atoms with van der Waals surface area (Å²) in [5.74, 6) is 0.881. The van der Waals surface area contributed by atoms with Gasteiger partial charge in [-0.25, -0.2) is 0 Å². The van der Waals surface area contributed by atoms with Crippen molar-refractivity contribution in [2.75, 3.05) is 13.1 Å². The molecular weight excluding hydrogens is 216 g/mol. The molecule has 1 aliphatic rings. The Balaban J connectivity index is 1.64. The zero-order chi connectivity index (χ0) is 11.5. The Labute approximate surface area is 100.0 Å². The van der Waals surface area contributed by atoms with Crippen LogP contribution in [-0.4, -0.2) is 24.2 Å². The first-order valence-electron chi connectivity index (χ1n) is 6.06. The minimum Gasteiger partial charge on any atom is -0.458 e. The summed E-state index contributed by atoms with van der Waals surface area (Å²) in [6.07, 6.45) is 6.09. The number of fused-ring (bicyclic) bond motifs is 1. The third-order valence-corrected chi connectivity index (χ3v) is 3.12. The van der Waals surface area contributed by atoms with Crippen LogP contribution in [0.3, 0.4) is 0 Å². The van der Waals surface area contributed by atoms with Crippen molar-refractivity contribution in [2.45, 2.75) is 25.6 Å². The van der Waals surface area contributed by atoms with Gasteiger partial charge >= 0.3 is 0 Å². The lowest BCUT2D eigenvalue weighted by molar-refractivity contribution is 0.0135. The van der Waals surface area contributed by atoms with Gasteiger partial charge in [-0.2, -0.15) is 0 Å². The highest BCUT2D eigenvalue weighted by molar-refractivity contribution is 5.76. The molecule has 3 heterocycles. The van der Waals surface area contributed by atoms with Crippen molar-refractivity contribution in [3.05, 3.63) is 30.3 Å². The van der Waals surface area contributed by atoms with Crippen LogP contribution in [0.1, 0.15) is 18.6 Å². The van der Waals surface area contributed by atoms with E-state index in [2.05, 4.69) is 10.3 Å². The average molecular weight is 232 g/mol. The molecular formula is C13H16N2O2. The summed E-state index contributed by atoms with van der Waals surface area (Å²) in [4.78, 5) is 4.07. The standard InChI is InChI=1S/C13H16N2O2/c1-4-14-5-2-11(1)16-9-12-7-10-8-15-6-3-13(10)17-12/h3,6-8,11,14H,1-2,4-5,9H2. The highest BCUT2D eigenvalue weighted by Gasteiger charge is 2.14. The number of hydrogen-bond donors (Lipinski definition) is 1. The van der Waals surface area contributed by atoms with Crippen LogP contribution < -0.4 is 5.32 Å². The summed E-state index contributed by atoms with van der Waals surface area (Å²) < 4.78 is 11.5. The molecule has 0 aromatic carbocycles. The topological polar surface area (TPSA) is 47.3 Å². The maximum atomic E-state index is 5.84. The second-order valence-electron chi connectivity index (χ2n) is 4.39. The maximum absolute atomic E-state index is 5.84. The number of hydrogen-bond acceptors (Lipinski definition) is 4. The van der Waals surface area contributed by atoms with E-state index in [0.717, 1.165) is 42.7 Å². The number of aromatic nitrogens is 1. The first-order chi connectivity index (χ1) is 8.42. The average Bonchev–Trinajstić information content (AvgIpc) is 2.80. The van der Waals surface area contributed by atoms with E-state index in [4.69, 9.17) is 9.15 Å². The van der Waals surface area contributed by atoms with Crippen molar-refractivity contribution >= 4 is 11.0 Å². The second-order valence-corrected chi connectivity index (χ2v) is 4.39. The Kier molecular flexibility index (Phi) is 3.07. The quantitative estimate of drug-likeness (QED) is 0.880. The first-order valence-corrected chi connectivity index (χ1v) is 6.06. The number of nitrogens with zero attached hydrogens (tertiary/aromatic N) is 1. The molecule has 1 aliphatic heterocycles. The number of ether oxygens (including phenoxy) is 1. The molecule has 4 heteroatoms. The number of nitrogens with one attached hydrogen (secondary N) is 1. The molecule has 0 aliphatic carbocycles. The van der Waals surface area contributed by atoms with Gasteiger partial charge in [0.2, 0.25) is 0 Å². The molecule has 0 radical (unpaired) electrons. The Morgan fingerprint density at radius 2 is 2.29 bits per heavy atom. The lowest BCUT2D eigenvalue weighted by Gasteiger charge is -2.22. The summed E-state index contributed by atoms with van der Waals surface area (Å²) in [6.45, 7) is 2.66. The fourth-order valence-electron chi connectivity index (χ4n) is 2.17. The van der Waals surface area contributed by atoms with Crippen LogP contribution in [0.5, 0.6) is 0 Å². The van der Waals surface area contributed by atoms with Gasteiger partial charge in [-0.3, -0.25) is 4.98 Å². The van der Waals surface area contributed by atoms with E-state index in [9.17, 15) is 0 Å². The molecule has 0 bridgehead atoms. The molecule has 0 saturated carbocycles. The Bertz CT molecular complexity index is 456. The van der Waals surface area contributed by atoms with E-state index >= 15 is 0 Å². The lowest BCUT2D eigenvalue weighted by atomic mass is 10.1. The van der Waals surface area contributed by atoms with Gasteiger partial charge in [-0.15, -0.1) is 0 Å². The summed E-state index contributed by atoms with van der Waals surface area (Å²) in [7, 11) is 0. The van der Waals surface area contributed by atoms with Crippen LogP contribution in [0.4, 0.5) is 0 Å². The highest BCUT2D eigenvalue weighted by atomic mass is 16.5. The van der Waals surface area contributed by atoms with Crippen LogP contribution in [0.2, 0.25) is 0 Å². The minimum atomic E-state index is 0.364. The van der Waals surface area contributed by atoms with Crippen molar-refractivity contribution in [2.24, 2.45) is 0 Å². The van der Waals surface area contributed by atoms with E-state index < -0.39 is 0 Å². The Morgan fingerprint density at radius 1 is 1.41 bits per heavy atom. The smallest absolute Gasteiger partial charge is 0.137 e. The number of rotatable bonds is 3. The molecule has 0 spiro atoms. The van der Waals surface area contributed by atoms with Crippen LogP contribution in [-0.2, 0) is 11.3 Å². The van der Waals surface area contributed by atoms with Gasteiger partial charge in [0.15, 0.2) is 0 Å². The molecule has 1 fully saturated rings. The summed E-state index contributed by atoms with van der Waals surface area (Å²) in [6, 6.07) is 3.88. The van der Waals surface area contributed by atoms with E-state index in [1.54, 1.807) is 6.20 Å². The highest BCUT2D eigenvalue weighted by Crippen LogP contribution is 2.19. The van der Waals surface area contributed by atoms with E-state index in [1.165, 1.54) is 0 Å². The van der Waals surface area contributed by atoms with Gasteiger partial charge in [0.05, 0.1) is 6.10 Å². The van der Waals surface area contributed by atoms with Crippen molar-refractivity contribution < 1.29 is 9.15 Å². The first kappa shape index (κ1) is 10.7. The van der Waals surface area contributed by atoms with E-state index in [0.29, 0.717) is 12.7 Å². The van der Waals surface area contributed by atoms with Crippen molar-refractivity contribution in [1.82, 2.24) is 10.3 Å². The molecule has 1 N–H and O–H groups in total. The van der Waals surface area contributed by atoms with Gasteiger partial charge in [-0.1, -0.05) is 0 Å². The normalized spacial score (nSPS) is 17.6. The number of piperidine rings is 1. The zero-order valence-corrected chi connectivity index (χ0v) is 9.69. The van der Waals surface area contributed by atoms with Crippen LogP contribution >= 0.6 is 0 Å². The minimum absolute atomic E-state index is 0.364. The molecule has 1 saturated heterocycles. The van der Waals surface area contributed by atoms with Gasteiger partial charge in [0.1, 0.15) is 18.0 Å². The molecule has 90 valence electrons. The number of furan rings is 1. The summed E-state index contributed by atoms with van der Waals surface area (Å²) >= 11 is 0.